The number of thioether (sulfide) groups is 1. The first-order valence-corrected chi connectivity index (χ1v) is 10.3. The molecule has 0 aliphatic heterocycles. The van der Waals surface area contributed by atoms with E-state index in [1.54, 1.807) is 30.0 Å². The van der Waals surface area contributed by atoms with Gasteiger partial charge in [-0.15, -0.1) is 0 Å². The fraction of sp³-hybridized carbons (Fsp3) is 0.300. The van der Waals surface area contributed by atoms with Gasteiger partial charge in [0.1, 0.15) is 11.8 Å². The molecule has 0 saturated carbocycles. The Labute approximate surface area is 168 Å². The van der Waals surface area contributed by atoms with Gasteiger partial charge in [-0.05, 0) is 42.2 Å². The summed E-state index contributed by atoms with van der Waals surface area (Å²) >= 11 is 7.73. The standard InChI is InChI=1S/C20H23ClN2O3S/c1-27-12-11-18(20(25)22-13-15-7-5-6-10-17(15)21)23-19(24)14-26-16-8-3-2-4-9-16/h2-10,18H,11-14H2,1H3,(H,22,25)(H,23,24). The highest BCUT2D eigenvalue weighted by Crippen LogP contribution is 2.14. The van der Waals surface area contributed by atoms with E-state index in [0.29, 0.717) is 23.7 Å². The van der Waals surface area contributed by atoms with E-state index in [-0.39, 0.29) is 18.4 Å². The first-order chi connectivity index (χ1) is 13.1. The summed E-state index contributed by atoms with van der Waals surface area (Å²) in [7, 11) is 0. The van der Waals surface area contributed by atoms with Crippen molar-refractivity contribution in [2.75, 3.05) is 18.6 Å². The molecule has 0 saturated heterocycles. The van der Waals surface area contributed by atoms with Gasteiger partial charge < -0.3 is 15.4 Å². The fourth-order valence-corrected chi connectivity index (χ4v) is 3.03. The van der Waals surface area contributed by atoms with Crippen molar-refractivity contribution in [1.82, 2.24) is 10.6 Å². The minimum absolute atomic E-state index is 0.141. The molecule has 1 unspecified atom stereocenters. The lowest BCUT2D eigenvalue weighted by Crippen LogP contribution is -2.48. The fourth-order valence-electron chi connectivity index (χ4n) is 2.35. The van der Waals surface area contributed by atoms with Gasteiger partial charge in [0, 0.05) is 11.6 Å². The maximum Gasteiger partial charge on any atom is 0.258 e. The molecule has 0 spiro atoms. The Morgan fingerprint density at radius 1 is 1.11 bits per heavy atom. The first kappa shape index (κ1) is 21.1. The minimum atomic E-state index is -0.619. The summed E-state index contributed by atoms with van der Waals surface area (Å²) in [4.78, 5) is 24.7. The van der Waals surface area contributed by atoms with Gasteiger partial charge in [0.25, 0.3) is 5.91 Å². The molecule has 2 amide bonds. The second-order valence-electron chi connectivity index (χ2n) is 5.81. The van der Waals surface area contributed by atoms with Crippen molar-refractivity contribution in [3.05, 3.63) is 65.2 Å². The van der Waals surface area contributed by atoms with Crippen molar-refractivity contribution in [2.45, 2.75) is 19.0 Å². The van der Waals surface area contributed by atoms with Gasteiger partial charge in [-0.1, -0.05) is 48.0 Å². The van der Waals surface area contributed by atoms with Crippen LogP contribution in [0.1, 0.15) is 12.0 Å². The first-order valence-electron chi connectivity index (χ1n) is 8.57. The van der Waals surface area contributed by atoms with Crippen LogP contribution in [0.3, 0.4) is 0 Å². The third kappa shape index (κ3) is 7.53. The molecule has 0 bridgehead atoms. The van der Waals surface area contributed by atoms with Gasteiger partial charge in [0.2, 0.25) is 5.91 Å². The highest BCUT2D eigenvalue weighted by molar-refractivity contribution is 7.98. The van der Waals surface area contributed by atoms with Gasteiger partial charge in [0.15, 0.2) is 6.61 Å². The summed E-state index contributed by atoms with van der Waals surface area (Å²) in [6.07, 6.45) is 2.49. The van der Waals surface area contributed by atoms with Gasteiger partial charge in [-0.25, -0.2) is 0 Å². The molecule has 2 aromatic carbocycles. The molecule has 2 rings (SSSR count). The van der Waals surface area contributed by atoms with Crippen molar-refractivity contribution in [3.63, 3.8) is 0 Å². The average Bonchev–Trinajstić information content (AvgIpc) is 2.69. The Hall–Kier alpha value is -2.18. The summed E-state index contributed by atoms with van der Waals surface area (Å²) in [5.41, 5.74) is 0.829. The SMILES string of the molecule is CSCCC(NC(=O)COc1ccccc1)C(=O)NCc1ccccc1Cl. The molecule has 2 N–H and O–H groups in total. The van der Waals surface area contributed by atoms with Gasteiger partial charge >= 0.3 is 0 Å². The van der Waals surface area contributed by atoms with Crippen LogP contribution in [0.15, 0.2) is 54.6 Å². The number of halogens is 1. The quantitative estimate of drug-likeness (QED) is 0.635. The number of carbonyl (C=O) groups is 2. The lowest BCUT2D eigenvalue weighted by Gasteiger charge is -2.18. The molecule has 144 valence electrons. The van der Waals surface area contributed by atoms with Crippen LogP contribution in [-0.4, -0.2) is 36.5 Å². The van der Waals surface area contributed by atoms with Crippen molar-refractivity contribution in [3.8, 4) is 5.75 Å². The van der Waals surface area contributed by atoms with Crippen LogP contribution in [-0.2, 0) is 16.1 Å². The second-order valence-corrected chi connectivity index (χ2v) is 7.21. The number of rotatable bonds is 10. The second kappa shape index (κ2) is 11.5. The molecule has 7 heteroatoms. The molecular weight excluding hydrogens is 384 g/mol. The van der Waals surface area contributed by atoms with Gasteiger partial charge in [-0.3, -0.25) is 9.59 Å². The van der Waals surface area contributed by atoms with E-state index < -0.39 is 6.04 Å². The number of para-hydroxylation sites is 1. The summed E-state index contributed by atoms with van der Waals surface area (Å²) < 4.78 is 5.43. The van der Waals surface area contributed by atoms with E-state index in [1.165, 1.54) is 0 Å². The molecule has 1 atom stereocenters. The third-order valence-corrected chi connectivity index (χ3v) is 4.80. The zero-order valence-electron chi connectivity index (χ0n) is 15.1. The molecule has 0 radical (unpaired) electrons. The number of carbonyl (C=O) groups excluding carboxylic acids is 2. The average molecular weight is 407 g/mol. The van der Waals surface area contributed by atoms with Gasteiger partial charge in [0.05, 0.1) is 0 Å². The van der Waals surface area contributed by atoms with Gasteiger partial charge in [-0.2, -0.15) is 11.8 Å². The molecule has 27 heavy (non-hydrogen) atoms. The summed E-state index contributed by atoms with van der Waals surface area (Å²) in [6.45, 7) is 0.169. The highest BCUT2D eigenvalue weighted by Gasteiger charge is 2.20. The number of nitrogens with one attached hydrogen (secondary N) is 2. The number of hydrogen-bond donors (Lipinski definition) is 2. The summed E-state index contributed by atoms with van der Waals surface area (Å²) in [5, 5.41) is 6.19. The summed E-state index contributed by atoms with van der Waals surface area (Å²) in [6, 6.07) is 15.8. The minimum Gasteiger partial charge on any atom is -0.484 e. The monoisotopic (exact) mass is 406 g/mol. The lowest BCUT2D eigenvalue weighted by atomic mass is 10.2. The third-order valence-electron chi connectivity index (χ3n) is 3.79. The predicted molar refractivity (Wildman–Crippen MR) is 110 cm³/mol. The Morgan fingerprint density at radius 3 is 2.52 bits per heavy atom. The number of amides is 2. The van der Waals surface area contributed by atoms with Crippen LogP contribution in [0.5, 0.6) is 5.75 Å². The van der Waals surface area contributed by atoms with Crippen molar-refractivity contribution in [1.29, 1.82) is 0 Å². The topological polar surface area (TPSA) is 67.4 Å². The molecule has 0 heterocycles. The Balaban J connectivity index is 1.87. The zero-order chi connectivity index (χ0) is 19.5. The molecule has 2 aromatic rings. The normalized spacial score (nSPS) is 11.5. The molecule has 0 aromatic heterocycles. The summed E-state index contributed by atoms with van der Waals surface area (Å²) in [5.74, 6) is 0.788. The van der Waals surface area contributed by atoms with Crippen molar-refractivity contribution < 1.29 is 14.3 Å². The van der Waals surface area contributed by atoms with Crippen LogP contribution in [0.4, 0.5) is 0 Å². The maximum atomic E-state index is 12.5. The zero-order valence-corrected chi connectivity index (χ0v) is 16.7. The highest BCUT2D eigenvalue weighted by atomic mass is 35.5. The van der Waals surface area contributed by atoms with E-state index in [0.717, 1.165) is 11.3 Å². The van der Waals surface area contributed by atoms with E-state index in [9.17, 15) is 9.59 Å². The van der Waals surface area contributed by atoms with Crippen LogP contribution >= 0.6 is 23.4 Å². The lowest BCUT2D eigenvalue weighted by molar-refractivity contribution is -0.130. The van der Waals surface area contributed by atoms with Crippen molar-refractivity contribution in [2.24, 2.45) is 0 Å². The maximum absolute atomic E-state index is 12.5. The van der Waals surface area contributed by atoms with Crippen molar-refractivity contribution >= 4 is 35.2 Å². The molecule has 0 aliphatic rings. The Bertz CT molecular complexity index is 743. The Morgan fingerprint density at radius 2 is 1.81 bits per heavy atom. The Kier molecular flexibility index (Phi) is 9.01. The number of hydrogen-bond acceptors (Lipinski definition) is 4. The smallest absolute Gasteiger partial charge is 0.258 e. The van der Waals surface area contributed by atoms with E-state index in [2.05, 4.69) is 10.6 Å². The molecule has 5 nitrogen and oxygen atoms in total. The molecule has 0 aliphatic carbocycles. The van der Waals surface area contributed by atoms with Crippen LogP contribution in [0.2, 0.25) is 5.02 Å². The molecule has 0 fully saturated rings. The number of ether oxygens (including phenoxy) is 1. The largest absolute Gasteiger partial charge is 0.484 e. The predicted octanol–water partition coefficient (Wildman–Crippen LogP) is 3.27. The van der Waals surface area contributed by atoms with E-state index in [4.69, 9.17) is 16.3 Å². The van der Waals surface area contributed by atoms with E-state index in [1.807, 2.05) is 42.7 Å². The van der Waals surface area contributed by atoms with Crippen LogP contribution in [0.25, 0.3) is 0 Å². The molecular formula is C20H23ClN2O3S. The number of benzene rings is 2. The van der Waals surface area contributed by atoms with Crippen LogP contribution < -0.4 is 15.4 Å². The van der Waals surface area contributed by atoms with E-state index >= 15 is 0 Å². The van der Waals surface area contributed by atoms with Crippen LogP contribution in [0, 0.1) is 0 Å².